The van der Waals surface area contributed by atoms with Crippen LogP contribution in [0.2, 0.25) is 0 Å². The maximum atomic E-state index is 12.5. The molecule has 0 aliphatic heterocycles. The molecule has 0 spiro atoms. The molecule has 128 valence electrons. The van der Waals surface area contributed by atoms with Crippen LogP contribution in [0.15, 0.2) is 48.5 Å². The van der Waals surface area contributed by atoms with Crippen molar-refractivity contribution in [2.75, 3.05) is 0 Å². The Morgan fingerprint density at radius 3 is 1.00 bits per heavy atom. The number of hydrogen-bond donors (Lipinski definition) is 0. The number of hydrogen-bond acceptors (Lipinski definition) is 0. The fourth-order valence-corrected chi connectivity index (χ4v) is 2.33. The molecule has 0 aromatic heterocycles. The van der Waals surface area contributed by atoms with E-state index in [1.807, 2.05) is 0 Å². The number of alkyl halides is 6. The summed E-state index contributed by atoms with van der Waals surface area (Å²) >= 11 is 12.1. The zero-order valence-electron chi connectivity index (χ0n) is 11.6. The van der Waals surface area contributed by atoms with Crippen LogP contribution >= 0.6 is 23.2 Å². The lowest BCUT2D eigenvalue weighted by molar-refractivity contribution is -0.138. The summed E-state index contributed by atoms with van der Waals surface area (Å²) in [5.41, 5.74) is -1.26. The highest BCUT2D eigenvalue weighted by Crippen LogP contribution is 2.36. The van der Waals surface area contributed by atoms with Gasteiger partial charge >= 0.3 is 12.4 Å². The lowest BCUT2D eigenvalue weighted by Gasteiger charge is -2.10. The highest BCUT2D eigenvalue weighted by molar-refractivity contribution is 6.65. The molecule has 0 saturated carbocycles. The third-order valence-electron chi connectivity index (χ3n) is 3.12. The molecule has 2 aromatic carbocycles. The zero-order chi connectivity index (χ0) is 18.1. The fourth-order valence-electron chi connectivity index (χ4n) is 1.86. The molecule has 8 heteroatoms. The van der Waals surface area contributed by atoms with Gasteiger partial charge in [0.25, 0.3) is 0 Å². The summed E-state index contributed by atoms with van der Waals surface area (Å²) in [7, 11) is 0. The normalized spacial score (nSPS) is 13.7. The van der Waals surface area contributed by atoms with Crippen molar-refractivity contribution in [3.63, 3.8) is 0 Å². The average Bonchev–Trinajstić information content (AvgIpc) is 2.52. The Hall–Kier alpha value is -1.66. The van der Waals surface area contributed by atoms with Gasteiger partial charge in [0.15, 0.2) is 0 Å². The zero-order valence-corrected chi connectivity index (χ0v) is 13.2. The van der Waals surface area contributed by atoms with Crippen LogP contribution in [0.3, 0.4) is 0 Å². The summed E-state index contributed by atoms with van der Waals surface area (Å²) in [6.07, 6.45) is -8.96. The van der Waals surface area contributed by atoms with E-state index >= 15 is 0 Å². The summed E-state index contributed by atoms with van der Waals surface area (Å²) in [5, 5.41) is -0.129. The Labute approximate surface area is 143 Å². The largest absolute Gasteiger partial charge is 0.416 e. The van der Waals surface area contributed by atoms with E-state index in [9.17, 15) is 26.3 Å². The Morgan fingerprint density at radius 1 is 0.542 bits per heavy atom. The molecule has 2 aromatic rings. The lowest BCUT2D eigenvalue weighted by atomic mass is 10.1. The topological polar surface area (TPSA) is 0 Å². The van der Waals surface area contributed by atoms with Gasteiger partial charge in [-0.1, -0.05) is 47.5 Å². The molecule has 0 heterocycles. The van der Waals surface area contributed by atoms with E-state index in [0.717, 1.165) is 48.5 Å². The molecule has 0 nitrogen and oxygen atoms in total. The maximum Gasteiger partial charge on any atom is 0.416 e. The number of benzene rings is 2. The second-order valence-electron chi connectivity index (χ2n) is 4.78. The monoisotopic (exact) mass is 384 g/mol. The maximum absolute atomic E-state index is 12.5. The first-order chi connectivity index (χ1) is 11.0. The molecule has 0 atom stereocenters. The van der Waals surface area contributed by atoms with Crippen LogP contribution in [0.25, 0.3) is 10.1 Å². The first-order valence-corrected chi connectivity index (χ1v) is 7.16. The van der Waals surface area contributed by atoms with Crippen molar-refractivity contribution in [3.8, 4) is 0 Å². The van der Waals surface area contributed by atoms with Crippen LogP contribution in [0.4, 0.5) is 26.3 Å². The first-order valence-electron chi connectivity index (χ1n) is 6.40. The van der Waals surface area contributed by atoms with E-state index < -0.39 is 23.5 Å². The van der Waals surface area contributed by atoms with Gasteiger partial charge in [-0.25, -0.2) is 0 Å². The minimum atomic E-state index is -4.48. The van der Waals surface area contributed by atoms with Gasteiger partial charge in [0.1, 0.15) is 0 Å². The summed E-state index contributed by atoms with van der Waals surface area (Å²) in [6.45, 7) is 0. The summed E-state index contributed by atoms with van der Waals surface area (Å²) < 4.78 is 75.1. The molecule has 0 fully saturated rings. The summed E-state index contributed by atoms with van der Waals surface area (Å²) in [4.78, 5) is 0. The van der Waals surface area contributed by atoms with Gasteiger partial charge < -0.3 is 0 Å². The van der Waals surface area contributed by atoms with Crippen molar-refractivity contribution in [2.45, 2.75) is 12.4 Å². The van der Waals surface area contributed by atoms with Crippen molar-refractivity contribution < 1.29 is 26.3 Å². The van der Waals surface area contributed by atoms with Crippen LogP contribution in [-0.4, -0.2) is 0 Å². The van der Waals surface area contributed by atoms with Crippen molar-refractivity contribution >= 4 is 33.3 Å². The molecule has 0 unspecified atom stereocenters. The molecular formula is C16H8Cl2F6. The molecule has 0 aliphatic carbocycles. The average molecular weight is 385 g/mol. The number of rotatable bonds is 2. The summed E-state index contributed by atoms with van der Waals surface area (Å²) in [6, 6.07) is 7.91. The van der Waals surface area contributed by atoms with Gasteiger partial charge in [-0.3, -0.25) is 0 Å². The van der Waals surface area contributed by atoms with Crippen molar-refractivity contribution in [1.82, 2.24) is 0 Å². The Balaban J connectivity index is 2.33. The minimum Gasteiger partial charge on any atom is -0.166 e. The van der Waals surface area contributed by atoms with E-state index in [1.54, 1.807) is 0 Å². The Kier molecular flexibility index (Phi) is 5.20. The molecule has 0 radical (unpaired) electrons. The third kappa shape index (κ3) is 4.24. The predicted octanol–water partition coefficient (Wildman–Crippen LogP) is 7.03. The molecule has 0 N–H and O–H groups in total. The molecule has 2 rings (SSSR count). The molecule has 24 heavy (non-hydrogen) atoms. The van der Waals surface area contributed by atoms with Crippen LogP contribution in [0.1, 0.15) is 22.3 Å². The van der Waals surface area contributed by atoms with Crippen LogP contribution in [0.5, 0.6) is 0 Å². The van der Waals surface area contributed by atoms with Gasteiger partial charge in [-0.2, -0.15) is 26.3 Å². The molecule has 0 bridgehead atoms. The van der Waals surface area contributed by atoms with E-state index in [4.69, 9.17) is 23.2 Å². The quantitative estimate of drug-likeness (QED) is 0.385. The van der Waals surface area contributed by atoms with Gasteiger partial charge in [0, 0.05) is 0 Å². The van der Waals surface area contributed by atoms with Gasteiger partial charge in [0.05, 0.1) is 21.2 Å². The highest BCUT2D eigenvalue weighted by atomic mass is 35.5. The highest BCUT2D eigenvalue weighted by Gasteiger charge is 2.31. The Bertz CT molecular complexity index is 675. The first kappa shape index (κ1) is 18.7. The molecular weight excluding hydrogens is 377 g/mol. The van der Waals surface area contributed by atoms with Crippen LogP contribution in [-0.2, 0) is 12.4 Å². The van der Waals surface area contributed by atoms with E-state index in [-0.39, 0.29) is 21.2 Å². The van der Waals surface area contributed by atoms with Crippen molar-refractivity contribution in [2.24, 2.45) is 0 Å². The van der Waals surface area contributed by atoms with E-state index in [1.165, 1.54) is 0 Å². The Morgan fingerprint density at radius 2 is 0.792 bits per heavy atom. The second kappa shape index (κ2) is 6.69. The molecule has 0 saturated heterocycles. The molecule has 0 aliphatic rings. The molecule has 0 amide bonds. The van der Waals surface area contributed by atoms with Crippen molar-refractivity contribution in [1.29, 1.82) is 0 Å². The smallest absolute Gasteiger partial charge is 0.166 e. The van der Waals surface area contributed by atoms with Gasteiger partial charge in [0.2, 0.25) is 0 Å². The van der Waals surface area contributed by atoms with E-state index in [0.29, 0.717) is 0 Å². The minimum absolute atomic E-state index is 0.0647. The van der Waals surface area contributed by atoms with Gasteiger partial charge in [-0.05, 0) is 35.4 Å². The lowest BCUT2D eigenvalue weighted by Crippen LogP contribution is -2.04. The standard InChI is InChI=1S/C16H8Cl2F6/c17-13(9-1-5-11(6-2-9)15(19,20)21)14(18)10-3-7-12(8-4-10)16(22,23)24/h1-8H. The predicted molar refractivity (Wildman–Crippen MR) is 81.4 cm³/mol. The van der Waals surface area contributed by atoms with Crippen molar-refractivity contribution in [3.05, 3.63) is 70.8 Å². The van der Waals surface area contributed by atoms with E-state index in [2.05, 4.69) is 0 Å². The SMILES string of the molecule is FC(F)(F)c1ccc(C(Cl)=C(Cl)c2ccc(C(F)(F)F)cc2)cc1. The summed E-state index contributed by atoms with van der Waals surface area (Å²) in [5.74, 6) is 0. The van der Waals surface area contributed by atoms with Gasteiger partial charge in [-0.15, -0.1) is 0 Å². The number of halogens is 8. The third-order valence-corrected chi connectivity index (χ3v) is 4.04. The fraction of sp³-hybridized carbons (Fsp3) is 0.125. The second-order valence-corrected chi connectivity index (χ2v) is 5.53. The van der Waals surface area contributed by atoms with Crippen LogP contribution in [0, 0.1) is 0 Å². The van der Waals surface area contributed by atoms with Crippen LogP contribution < -0.4 is 0 Å².